The number of carboxylic acid groups (broad SMARTS) is 1. The third kappa shape index (κ3) is 3.21. The molecule has 5 heteroatoms. The number of nitrogens with zero attached hydrogens (tertiary/aromatic N) is 1. The van der Waals surface area contributed by atoms with Gasteiger partial charge in [0.1, 0.15) is 5.60 Å². The average Bonchev–Trinajstić information content (AvgIpc) is 2.35. The van der Waals surface area contributed by atoms with Crippen LogP contribution in [-0.2, 0) is 9.53 Å². The zero-order chi connectivity index (χ0) is 14.9. The Morgan fingerprint density at radius 1 is 1.40 bits per heavy atom. The number of aliphatic carboxylic acids is 1. The van der Waals surface area contributed by atoms with Gasteiger partial charge in [0.25, 0.3) is 0 Å². The third-order valence-corrected chi connectivity index (χ3v) is 3.56. The van der Waals surface area contributed by atoms with Crippen LogP contribution in [0.1, 0.15) is 27.2 Å². The number of carbonyl (C=O) groups excluding carboxylic acids is 1. The Balaban J connectivity index is 2.05. The second kappa shape index (κ2) is 5.31. The smallest absolute Gasteiger partial charge is 0.410 e. The minimum Gasteiger partial charge on any atom is -0.481 e. The molecule has 2 rings (SSSR count). The molecule has 1 saturated heterocycles. The van der Waals surface area contributed by atoms with Gasteiger partial charge in [-0.2, -0.15) is 0 Å². The van der Waals surface area contributed by atoms with Gasteiger partial charge in [0.2, 0.25) is 0 Å². The van der Waals surface area contributed by atoms with Crippen LogP contribution in [0, 0.1) is 11.8 Å². The van der Waals surface area contributed by atoms with Gasteiger partial charge in [-0.15, -0.1) is 0 Å². The fourth-order valence-corrected chi connectivity index (χ4v) is 2.65. The highest BCUT2D eigenvalue weighted by Crippen LogP contribution is 2.34. The Morgan fingerprint density at radius 2 is 2.10 bits per heavy atom. The van der Waals surface area contributed by atoms with E-state index >= 15 is 0 Å². The van der Waals surface area contributed by atoms with Gasteiger partial charge in [0.15, 0.2) is 0 Å². The quantitative estimate of drug-likeness (QED) is 0.800. The Kier molecular flexibility index (Phi) is 3.88. The van der Waals surface area contributed by atoms with Crippen molar-refractivity contribution in [1.82, 2.24) is 4.90 Å². The first-order valence-electron chi connectivity index (χ1n) is 6.86. The first-order chi connectivity index (χ1) is 9.28. The summed E-state index contributed by atoms with van der Waals surface area (Å²) in [5.74, 6) is -1.28. The molecule has 0 bridgehead atoms. The van der Waals surface area contributed by atoms with E-state index in [4.69, 9.17) is 4.74 Å². The third-order valence-electron chi connectivity index (χ3n) is 3.56. The van der Waals surface area contributed by atoms with E-state index in [0.717, 1.165) is 5.57 Å². The minimum absolute atomic E-state index is 0.00353. The first-order valence-corrected chi connectivity index (χ1v) is 6.86. The van der Waals surface area contributed by atoms with Gasteiger partial charge >= 0.3 is 12.1 Å². The molecule has 1 aliphatic carbocycles. The summed E-state index contributed by atoms with van der Waals surface area (Å²) in [5.41, 5.74) is 0.482. The number of carbonyl (C=O) groups is 2. The van der Waals surface area contributed by atoms with Crippen molar-refractivity contribution in [3.05, 3.63) is 23.8 Å². The SMILES string of the molecule is CC(C)(C)OC(=O)N1CCC2C(=CC=CC2C(=O)O)C1. The summed E-state index contributed by atoms with van der Waals surface area (Å²) in [6.07, 6.45) is 5.73. The van der Waals surface area contributed by atoms with Gasteiger partial charge in [-0.3, -0.25) is 4.79 Å². The zero-order valence-electron chi connectivity index (χ0n) is 12.1. The average molecular weight is 279 g/mol. The number of likely N-dealkylation sites (tertiary alicyclic amines) is 1. The molecular formula is C15H21NO4. The molecule has 0 spiro atoms. The highest BCUT2D eigenvalue weighted by Gasteiger charge is 2.36. The molecule has 1 N–H and O–H groups in total. The molecule has 1 heterocycles. The molecule has 1 amide bonds. The normalized spacial score (nSPS) is 25.8. The Morgan fingerprint density at radius 3 is 2.70 bits per heavy atom. The lowest BCUT2D eigenvalue weighted by Crippen LogP contribution is -2.45. The highest BCUT2D eigenvalue weighted by molar-refractivity contribution is 5.74. The number of hydrogen-bond acceptors (Lipinski definition) is 3. The second-order valence-electron chi connectivity index (χ2n) is 6.29. The maximum absolute atomic E-state index is 12.0. The molecule has 1 aliphatic heterocycles. The molecule has 110 valence electrons. The summed E-state index contributed by atoms with van der Waals surface area (Å²) in [6.45, 7) is 6.49. The van der Waals surface area contributed by atoms with Crippen LogP contribution >= 0.6 is 0 Å². The summed E-state index contributed by atoms with van der Waals surface area (Å²) < 4.78 is 5.36. The van der Waals surface area contributed by atoms with Gasteiger partial charge in [-0.1, -0.05) is 18.2 Å². The summed E-state index contributed by atoms with van der Waals surface area (Å²) in [4.78, 5) is 24.9. The summed E-state index contributed by atoms with van der Waals surface area (Å²) in [7, 11) is 0. The van der Waals surface area contributed by atoms with E-state index in [1.807, 2.05) is 26.8 Å². The Bertz CT molecular complexity index is 473. The Hall–Kier alpha value is -1.78. The van der Waals surface area contributed by atoms with Crippen LogP contribution in [0.25, 0.3) is 0 Å². The van der Waals surface area contributed by atoms with Crippen molar-refractivity contribution in [3.8, 4) is 0 Å². The molecule has 0 saturated carbocycles. The van der Waals surface area contributed by atoms with Gasteiger partial charge in [-0.05, 0) is 32.8 Å². The fraction of sp³-hybridized carbons (Fsp3) is 0.600. The maximum atomic E-state index is 12.0. The molecule has 2 unspecified atom stereocenters. The molecule has 5 nitrogen and oxygen atoms in total. The standard InChI is InChI=1S/C15H21NO4/c1-15(2,3)20-14(19)16-8-7-11-10(9-16)5-4-6-12(11)13(17)18/h4-6,11-12H,7-9H2,1-3H3,(H,17,18). The predicted octanol–water partition coefficient (Wildman–Crippen LogP) is 2.44. The lowest BCUT2D eigenvalue weighted by molar-refractivity contribution is -0.141. The number of piperidine rings is 1. The molecular weight excluding hydrogens is 258 g/mol. The maximum Gasteiger partial charge on any atom is 0.410 e. The molecule has 2 aliphatic rings. The van der Waals surface area contributed by atoms with Crippen LogP contribution < -0.4 is 0 Å². The van der Waals surface area contributed by atoms with E-state index in [1.165, 1.54) is 0 Å². The largest absolute Gasteiger partial charge is 0.481 e. The summed E-state index contributed by atoms with van der Waals surface area (Å²) in [5, 5.41) is 9.22. The minimum atomic E-state index is -0.803. The molecule has 2 atom stereocenters. The van der Waals surface area contributed by atoms with Crippen molar-refractivity contribution in [1.29, 1.82) is 0 Å². The van der Waals surface area contributed by atoms with E-state index in [0.29, 0.717) is 19.5 Å². The number of rotatable bonds is 1. The van der Waals surface area contributed by atoms with Gasteiger partial charge in [-0.25, -0.2) is 4.79 Å². The number of carboxylic acids is 1. The number of ether oxygens (including phenoxy) is 1. The van der Waals surface area contributed by atoms with Crippen molar-refractivity contribution in [2.24, 2.45) is 11.8 Å². The van der Waals surface area contributed by atoms with Crippen LogP contribution in [0.2, 0.25) is 0 Å². The monoisotopic (exact) mass is 279 g/mol. The molecule has 1 fully saturated rings. The lowest BCUT2D eigenvalue weighted by Gasteiger charge is -2.38. The van der Waals surface area contributed by atoms with E-state index in [-0.39, 0.29) is 12.0 Å². The number of fused-ring (bicyclic) bond motifs is 1. The van der Waals surface area contributed by atoms with E-state index in [1.54, 1.807) is 17.1 Å². The molecule has 0 aromatic rings. The zero-order valence-corrected chi connectivity index (χ0v) is 12.1. The predicted molar refractivity (Wildman–Crippen MR) is 74.3 cm³/mol. The van der Waals surface area contributed by atoms with E-state index in [9.17, 15) is 14.7 Å². The van der Waals surface area contributed by atoms with Gasteiger partial charge < -0.3 is 14.7 Å². The Labute approximate surface area is 118 Å². The van der Waals surface area contributed by atoms with Crippen LogP contribution in [0.15, 0.2) is 23.8 Å². The highest BCUT2D eigenvalue weighted by atomic mass is 16.6. The van der Waals surface area contributed by atoms with Crippen molar-refractivity contribution in [2.45, 2.75) is 32.8 Å². The topological polar surface area (TPSA) is 66.8 Å². The number of allylic oxidation sites excluding steroid dienone is 2. The first kappa shape index (κ1) is 14.6. The molecule has 0 radical (unpaired) electrons. The summed E-state index contributed by atoms with van der Waals surface area (Å²) >= 11 is 0. The van der Waals surface area contributed by atoms with Crippen LogP contribution in [0.5, 0.6) is 0 Å². The lowest BCUT2D eigenvalue weighted by atomic mass is 9.78. The van der Waals surface area contributed by atoms with Crippen molar-refractivity contribution in [2.75, 3.05) is 13.1 Å². The van der Waals surface area contributed by atoms with Crippen LogP contribution in [0.3, 0.4) is 0 Å². The van der Waals surface area contributed by atoms with Gasteiger partial charge in [0, 0.05) is 19.0 Å². The fourth-order valence-electron chi connectivity index (χ4n) is 2.65. The van der Waals surface area contributed by atoms with E-state index < -0.39 is 17.5 Å². The van der Waals surface area contributed by atoms with Crippen molar-refractivity contribution in [3.63, 3.8) is 0 Å². The van der Waals surface area contributed by atoms with Crippen LogP contribution in [0.4, 0.5) is 4.79 Å². The molecule has 0 aromatic heterocycles. The molecule has 0 aromatic carbocycles. The number of amides is 1. The van der Waals surface area contributed by atoms with Crippen LogP contribution in [-0.4, -0.2) is 40.8 Å². The van der Waals surface area contributed by atoms with E-state index in [2.05, 4.69) is 0 Å². The molecule has 20 heavy (non-hydrogen) atoms. The number of hydrogen-bond donors (Lipinski definition) is 1. The van der Waals surface area contributed by atoms with Crippen molar-refractivity contribution < 1.29 is 19.4 Å². The second-order valence-corrected chi connectivity index (χ2v) is 6.29. The van der Waals surface area contributed by atoms with Crippen molar-refractivity contribution >= 4 is 12.1 Å². The van der Waals surface area contributed by atoms with Gasteiger partial charge in [0.05, 0.1) is 5.92 Å². The summed E-state index contributed by atoms with van der Waals surface area (Å²) in [6, 6.07) is 0.